The van der Waals surface area contributed by atoms with Crippen molar-refractivity contribution in [2.45, 2.75) is 39.7 Å². The van der Waals surface area contributed by atoms with Gasteiger partial charge in [-0.3, -0.25) is 4.79 Å². The van der Waals surface area contributed by atoms with Crippen LogP contribution in [0.15, 0.2) is 24.3 Å². The monoisotopic (exact) mass is 278 g/mol. The quantitative estimate of drug-likeness (QED) is 0.889. The van der Waals surface area contributed by atoms with Gasteiger partial charge in [-0.15, -0.1) is 0 Å². The lowest BCUT2D eigenvalue weighted by Crippen LogP contribution is -2.48. The molecule has 1 aromatic carbocycles. The number of nitrogens with one attached hydrogen (secondary N) is 1. The number of rotatable bonds is 4. The first-order valence-corrected chi connectivity index (χ1v) is 6.57. The van der Waals surface area contributed by atoms with Gasteiger partial charge >= 0.3 is 12.0 Å². The van der Waals surface area contributed by atoms with Crippen molar-refractivity contribution in [1.29, 1.82) is 0 Å². The molecule has 0 bridgehead atoms. The summed E-state index contributed by atoms with van der Waals surface area (Å²) in [4.78, 5) is 24.5. The highest BCUT2D eigenvalue weighted by atomic mass is 16.4. The molecule has 0 aliphatic rings. The van der Waals surface area contributed by atoms with Gasteiger partial charge in [0.2, 0.25) is 0 Å². The number of urea groups is 1. The van der Waals surface area contributed by atoms with E-state index in [1.807, 2.05) is 52.0 Å². The summed E-state index contributed by atoms with van der Waals surface area (Å²) in [5.41, 5.74) is 1.32. The standard InChI is InChI=1S/C15H22N2O3/c1-11-6-5-7-12(10-11)16-14(20)17(15(2,3)4)9-8-13(18)19/h5-7,10H,8-9H2,1-4H3,(H,16,20)(H,18,19). The molecule has 20 heavy (non-hydrogen) atoms. The first kappa shape index (κ1) is 16.0. The Morgan fingerprint density at radius 2 is 1.95 bits per heavy atom. The van der Waals surface area contributed by atoms with Gasteiger partial charge in [0.25, 0.3) is 0 Å². The number of carbonyl (C=O) groups is 2. The number of aryl methyl sites for hydroxylation is 1. The van der Waals surface area contributed by atoms with Crippen LogP contribution in [0.25, 0.3) is 0 Å². The Morgan fingerprint density at radius 3 is 2.45 bits per heavy atom. The van der Waals surface area contributed by atoms with Crippen LogP contribution in [0, 0.1) is 6.92 Å². The summed E-state index contributed by atoms with van der Waals surface area (Å²) in [6, 6.07) is 7.20. The summed E-state index contributed by atoms with van der Waals surface area (Å²) in [5.74, 6) is -0.914. The molecule has 5 nitrogen and oxygen atoms in total. The summed E-state index contributed by atoms with van der Waals surface area (Å²) in [6.45, 7) is 7.76. The van der Waals surface area contributed by atoms with Crippen LogP contribution in [0.2, 0.25) is 0 Å². The van der Waals surface area contributed by atoms with Crippen molar-refractivity contribution < 1.29 is 14.7 Å². The lowest BCUT2D eigenvalue weighted by atomic mass is 10.1. The van der Waals surface area contributed by atoms with E-state index >= 15 is 0 Å². The number of carboxylic acids is 1. The average molecular weight is 278 g/mol. The molecule has 0 aliphatic carbocycles. The number of nitrogens with zero attached hydrogens (tertiary/aromatic N) is 1. The number of aliphatic carboxylic acids is 1. The van der Waals surface area contributed by atoms with Crippen molar-refractivity contribution in [1.82, 2.24) is 4.90 Å². The number of carboxylic acid groups (broad SMARTS) is 1. The van der Waals surface area contributed by atoms with E-state index in [4.69, 9.17) is 5.11 Å². The second-order valence-corrected chi connectivity index (χ2v) is 5.77. The van der Waals surface area contributed by atoms with Gasteiger partial charge in [0.05, 0.1) is 6.42 Å². The highest BCUT2D eigenvalue weighted by molar-refractivity contribution is 5.90. The minimum atomic E-state index is -0.914. The minimum Gasteiger partial charge on any atom is -0.481 e. The summed E-state index contributed by atoms with van der Waals surface area (Å²) < 4.78 is 0. The third kappa shape index (κ3) is 4.91. The Labute approximate surface area is 119 Å². The van der Waals surface area contributed by atoms with Gasteiger partial charge in [0, 0.05) is 17.8 Å². The molecule has 5 heteroatoms. The van der Waals surface area contributed by atoms with Crippen LogP contribution in [-0.2, 0) is 4.79 Å². The molecule has 110 valence electrons. The maximum atomic E-state index is 12.3. The first-order chi connectivity index (χ1) is 9.20. The predicted octanol–water partition coefficient (Wildman–Crippen LogP) is 3.10. The topological polar surface area (TPSA) is 69.6 Å². The number of amides is 2. The van der Waals surface area contributed by atoms with E-state index in [1.54, 1.807) is 0 Å². The Balaban J connectivity index is 2.80. The third-order valence-electron chi connectivity index (χ3n) is 2.87. The fraction of sp³-hybridized carbons (Fsp3) is 0.467. The second kappa shape index (κ2) is 6.41. The van der Waals surface area contributed by atoms with Gasteiger partial charge in [-0.05, 0) is 45.4 Å². The number of carbonyl (C=O) groups excluding carboxylic acids is 1. The van der Waals surface area contributed by atoms with E-state index in [-0.39, 0.29) is 19.0 Å². The molecule has 0 aliphatic heterocycles. The molecule has 0 saturated carbocycles. The van der Waals surface area contributed by atoms with Crippen molar-refractivity contribution >= 4 is 17.7 Å². The Bertz CT molecular complexity index is 492. The normalized spacial score (nSPS) is 11.0. The van der Waals surface area contributed by atoms with E-state index in [2.05, 4.69) is 5.32 Å². The lowest BCUT2D eigenvalue weighted by molar-refractivity contribution is -0.137. The molecule has 0 radical (unpaired) electrons. The van der Waals surface area contributed by atoms with Gasteiger partial charge < -0.3 is 15.3 Å². The minimum absolute atomic E-state index is 0.0709. The Hall–Kier alpha value is -2.04. The smallest absolute Gasteiger partial charge is 0.322 e. The molecule has 1 rings (SSSR count). The fourth-order valence-corrected chi connectivity index (χ4v) is 1.86. The molecule has 2 amide bonds. The predicted molar refractivity (Wildman–Crippen MR) is 78.9 cm³/mol. The number of anilines is 1. The molecular formula is C15H22N2O3. The van der Waals surface area contributed by atoms with Crippen LogP contribution in [0.3, 0.4) is 0 Å². The zero-order valence-corrected chi connectivity index (χ0v) is 12.4. The molecule has 0 spiro atoms. The number of hydrogen-bond acceptors (Lipinski definition) is 2. The molecule has 0 fully saturated rings. The molecule has 0 unspecified atom stereocenters. The molecule has 0 saturated heterocycles. The summed E-state index contributed by atoms with van der Waals surface area (Å²) in [7, 11) is 0. The highest BCUT2D eigenvalue weighted by Gasteiger charge is 2.26. The molecule has 2 N–H and O–H groups in total. The van der Waals surface area contributed by atoms with Crippen LogP contribution in [0.1, 0.15) is 32.8 Å². The van der Waals surface area contributed by atoms with Crippen LogP contribution in [0.5, 0.6) is 0 Å². The highest BCUT2D eigenvalue weighted by Crippen LogP contribution is 2.17. The van der Waals surface area contributed by atoms with Gasteiger partial charge in [-0.25, -0.2) is 4.79 Å². The zero-order valence-electron chi connectivity index (χ0n) is 12.4. The van der Waals surface area contributed by atoms with Gasteiger partial charge in [0.15, 0.2) is 0 Å². The van der Waals surface area contributed by atoms with Gasteiger partial charge in [-0.1, -0.05) is 12.1 Å². The SMILES string of the molecule is Cc1cccc(NC(=O)N(CCC(=O)O)C(C)(C)C)c1. The van der Waals surface area contributed by atoms with E-state index in [0.717, 1.165) is 5.56 Å². The van der Waals surface area contributed by atoms with Gasteiger partial charge in [-0.2, -0.15) is 0 Å². The van der Waals surface area contributed by atoms with Crippen LogP contribution >= 0.6 is 0 Å². The molecule has 1 aromatic rings. The third-order valence-corrected chi connectivity index (χ3v) is 2.87. The fourth-order valence-electron chi connectivity index (χ4n) is 1.86. The van der Waals surface area contributed by atoms with Crippen LogP contribution in [0.4, 0.5) is 10.5 Å². The average Bonchev–Trinajstić information content (AvgIpc) is 2.26. The van der Waals surface area contributed by atoms with Gasteiger partial charge in [0.1, 0.15) is 0 Å². The molecule has 0 heterocycles. The van der Waals surface area contributed by atoms with E-state index in [9.17, 15) is 9.59 Å². The zero-order chi connectivity index (χ0) is 15.3. The van der Waals surface area contributed by atoms with Crippen molar-refractivity contribution in [3.8, 4) is 0 Å². The largest absolute Gasteiger partial charge is 0.481 e. The molecule has 0 atom stereocenters. The Kier molecular flexibility index (Phi) is 5.13. The first-order valence-electron chi connectivity index (χ1n) is 6.57. The number of benzene rings is 1. The van der Waals surface area contributed by atoms with Crippen molar-refractivity contribution in [3.05, 3.63) is 29.8 Å². The molecule has 0 aromatic heterocycles. The van der Waals surface area contributed by atoms with Crippen molar-refractivity contribution in [3.63, 3.8) is 0 Å². The maximum Gasteiger partial charge on any atom is 0.322 e. The van der Waals surface area contributed by atoms with Crippen molar-refractivity contribution in [2.24, 2.45) is 0 Å². The Morgan fingerprint density at radius 1 is 1.30 bits per heavy atom. The lowest BCUT2D eigenvalue weighted by Gasteiger charge is -2.35. The van der Waals surface area contributed by atoms with Crippen molar-refractivity contribution in [2.75, 3.05) is 11.9 Å². The maximum absolute atomic E-state index is 12.3. The van der Waals surface area contributed by atoms with Crippen LogP contribution < -0.4 is 5.32 Å². The second-order valence-electron chi connectivity index (χ2n) is 5.77. The summed E-state index contributed by atoms with van der Waals surface area (Å²) >= 11 is 0. The van der Waals surface area contributed by atoms with E-state index in [1.165, 1.54) is 4.90 Å². The number of hydrogen-bond donors (Lipinski definition) is 2. The van der Waals surface area contributed by atoms with E-state index < -0.39 is 11.5 Å². The van der Waals surface area contributed by atoms with E-state index in [0.29, 0.717) is 5.69 Å². The summed E-state index contributed by atoms with van der Waals surface area (Å²) in [6.07, 6.45) is -0.0709. The summed E-state index contributed by atoms with van der Waals surface area (Å²) in [5, 5.41) is 11.6. The van der Waals surface area contributed by atoms with Crippen LogP contribution in [-0.4, -0.2) is 34.1 Å². The molecular weight excluding hydrogens is 256 g/mol.